The summed E-state index contributed by atoms with van der Waals surface area (Å²) in [7, 11) is 1.70. The third-order valence-electron chi connectivity index (χ3n) is 6.44. The number of nitrogens with zero attached hydrogens (tertiary/aromatic N) is 2. The van der Waals surface area contributed by atoms with Gasteiger partial charge in [0.2, 0.25) is 5.88 Å². The molecule has 1 aromatic heterocycles. The molecule has 3 atom stereocenters. The van der Waals surface area contributed by atoms with Crippen LogP contribution in [-0.4, -0.2) is 48.5 Å². The number of hydrogen-bond acceptors (Lipinski definition) is 7. The van der Waals surface area contributed by atoms with E-state index in [1.54, 1.807) is 19.5 Å². The number of nitrogens with one attached hydrogen (secondary N) is 2. The van der Waals surface area contributed by atoms with Crippen LogP contribution < -0.4 is 21.1 Å². The Hall–Kier alpha value is -4.17. The van der Waals surface area contributed by atoms with Crippen LogP contribution in [0.15, 0.2) is 78.1 Å². The van der Waals surface area contributed by atoms with E-state index in [0.717, 1.165) is 33.5 Å². The minimum atomic E-state index is -0.830. The van der Waals surface area contributed by atoms with Gasteiger partial charge in [0.05, 0.1) is 24.7 Å². The normalized spacial score (nSPS) is 16.9. The lowest BCUT2D eigenvalue weighted by atomic mass is 9.95. The average Bonchev–Trinajstić information content (AvgIpc) is 2.91. The van der Waals surface area contributed by atoms with Gasteiger partial charge in [0.1, 0.15) is 6.10 Å². The van der Waals surface area contributed by atoms with Crippen molar-refractivity contribution in [3.63, 3.8) is 0 Å². The van der Waals surface area contributed by atoms with E-state index < -0.39 is 5.97 Å². The molecule has 0 radical (unpaired) electrons. The lowest BCUT2D eigenvalue weighted by Gasteiger charge is -2.34. The molecule has 0 amide bonds. The van der Waals surface area contributed by atoms with Crippen LogP contribution in [0.3, 0.4) is 0 Å². The first-order chi connectivity index (χ1) is 18.0. The molecular weight excluding hydrogens is 466 g/mol. The average molecular weight is 504 g/mol. The Morgan fingerprint density at radius 1 is 1.27 bits per heavy atom. The van der Waals surface area contributed by atoms with Crippen LogP contribution in [0.25, 0.3) is 5.57 Å². The summed E-state index contributed by atoms with van der Waals surface area (Å²) in [6.07, 6.45) is 4.77. The molecule has 37 heavy (non-hydrogen) atoms. The second-order valence-corrected chi connectivity index (χ2v) is 9.14. The second-order valence-electron chi connectivity index (χ2n) is 9.14. The Labute approximate surface area is 220 Å². The maximum atomic E-state index is 11.1. The molecule has 1 aliphatic rings. The van der Waals surface area contributed by atoms with Crippen molar-refractivity contribution < 1.29 is 17.5 Å². The number of rotatable bonds is 10. The molecule has 2 heterocycles. The minimum absolute atomic E-state index is 0. The predicted molar refractivity (Wildman–Crippen MR) is 151 cm³/mol. The van der Waals surface area contributed by atoms with Crippen LogP contribution in [-0.2, 0) is 11.2 Å². The van der Waals surface area contributed by atoms with Crippen molar-refractivity contribution in [3.05, 3.63) is 95.3 Å². The number of aliphatic imine (C=N–C) groups is 1. The van der Waals surface area contributed by atoms with Crippen LogP contribution in [0.1, 0.15) is 44.0 Å². The number of aliphatic carboxylic acids is 1. The van der Waals surface area contributed by atoms with Crippen LogP contribution in [0, 0.1) is 0 Å². The van der Waals surface area contributed by atoms with Gasteiger partial charge in [-0.15, -0.1) is 0 Å². The fourth-order valence-electron chi connectivity index (χ4n) is 4.50. The van der Waals surface area contributed by atoms with Gasteiger partial charge in [-0.2, -0.15) is 0 Å². The number of hydrogen-bond donors (Lipinski definition) is 4. The third-order valence-corrected chi connectivity index (χ3v) is 6.44. The molecule has 2 aromatic carbocycles. The van der Waals surface area contributed by atoms with Gasteiger partial charge in [0.25, 0.3) is 0 Å². The van der Waals surface area contributed by atoms with Crippen molar-refractivity contribution in [1.29, 1.82) is 0 Å². The highest BCUT2D eigenvalue weighted by atomic mass is 16.5. The second kappa shape index (κ2) is 12.2. The maximum Gasteiger partial charge on any atom is 0.307 e. The Balaban J connectivity index is 0.00000267. The molecule has 0 spiro atoms. The fraction of sp³-hybridized carbons (Fsp3) is 0.276. The zero-order chi connectivity index (χ0) is 26.2. The van der Waals surface area contributed by atoms with Gasteiger partial charge in [-0.25, -0.2) is 4.98 Å². The number of benzene rings is 2. The number of ether oxygens (including phenoxy) is 1. The number of nitrogens with two attached hydrogens (primary N) is 1. The highest BCUT2D eigenvalue weighted by Gasteiger charge is 2.30. The summed E-state index contributed by atoms with van der Waals surface area (Å²) in [5.74, 6) is -0.114. The van der Waals surface area contributed by atoms with E-state index in [-0.39, 0.29) is 27.3 Å². The van der Waals surface area contributed by atoms with Crippen molar-refractivity contribution in [2.75, 3.05) is 25.5 Å². The number of carboxylic acids is 1. The molecule has 5 N–H and O–H groups in total. The molecule has 4 rings (SSSR count). The van der Waals surface area contributed by atoms with Crippen LogP contribution >= 0.6 is 0 Å². The molecule has 0 unspecified atom stereocenters. The van der Waals surface area contributed by atoms with Gasteiger partial charge >= 0.3 is 5.97 Å². The van der Waals surface area contributed by atoms with E-state index in [0.29, 0.717) is 19.0 Å². The van der Waals surface area contributed by atoms with Crippen LogP contribution in [0.2, 0.25) is 0 Å². The van der Waals surface area contributed by atoms with Crippen molar-refractivity contribution in [1.82, 2.24) is 10.3 Å². The van der Waals surface area contributed by atoms with Crippen molar-refractivity contribution in [2.45, 2.75) is 31.4 Å². The molecule has 0 saturated heterocycles. The van der Waals surface area contributed by atoms with E-state index in [9.17, 15) is 4.79 Å². The first kappa shape index (κ1) is 25.9. The molecule has 196 valence electrons. The molecular formula is C29H37N5O3. The van der Waals surface area contributed by atoms with Gasteiger partial charge < -0.3 is 26.2 Å². The largest absolute Gasteiger partial charge is 0.481 e. The molecule has 0 bridgehead atoms. The number of pyridine rings is 1. The number of allylic oxidation sites excluding steroid dienone is 1. The molecule has 8 nitrogen and oxygen atoms in total. The first-order valence-corrected chi connectivity index (χ1v) is 12.3. The van der Waals surface area contributed by atoms with E-state index in [2.05, 4.69) is 39.7 Å². The number of carboxylic acid groups (broad SMARTS) is 1. The van der Waals surface area contributed by atoms with Gasteiger partial charge in [-0.3, -0.25) is 9.79 Å². The smallest absolute Gasteiger partial charge is 0.307 e. The zero-order valence-corrected chi connectivity index (χ0v) is 21.1. The molecule has 0 aliphatic carbocycles. The van der Waals surface area contributed by atoms with Crippen LogP contribution in [0.5, 0.6) is 5.88 Å². The van der Waals surface area contributed by atoms with Gasteiger partial charge in [0.15, 0.2) is 0 Å². The highest BCUT2D eigenvalue weighted by molar-refractivity contribution is 6.09. The zero-order valence-electron chi connectivity index (χ0n) is 21.1. The quantitative estimate of drug-likeness (QED) is 0.300. The number of carbonyl (C=O) groups is 1. The van der Waals surface area contributed by atoms with Crippen molar-refractivity contribution in [2.24, 2.45) is 10.7 Å². The fourth-order valence-corrected chi connectivity index (χ4v) is 4.50. The molecule has 1 aliphatic heterocycles. The molecule has 3 aromatic rings. The Morgan fingerprint density at radius 2 is 2.05 bits per heavy atom. The first-order valence-electron chi connectivity index (χ1n) is 12.3. The van der Waals surface area contributed by atoms with E-state index in [1.165, 1.54) is 6.20 Å². The van der Waals surface area contributed by atoms with E-state index in [1.807, 2.05) is 48.5 Å². The number of fused-ring (bicyclic) bond motifs is 1. The van der Waals surface area contributed by atoms with E-state index in [4.69, 9.17) is 15.6 Å². The summed E-state index contributed by atoms with van der Waals surface area (Å²) in [4.78, 5) is 19.7. The standard InChI is InChI=1S/C29H33N5O3.2H2/c1-19(22-10-6-7-20(11-22)12-27(35)36)15-33-28(21-8-4-3-5-9-21)26-18-32-25-13-23(17-34-29(25)37-26)24(14-30)16-31-2;;/h3-11,13-14,16-17,19,26,28,32-33H,12,15,18,30H2,1-2H3,(H,35,36);2*1H/b24-14+,31-16?;;/t19-,26-,28+;;/m0../s1. The van der Waals surface area contributed by atoms with Gasteiger partial charge in [0, 0.05) is 46.2 Å². The summed E-state index contributed by atoms with van der Waals surface area (Å²) >= 11 is 0. The van der Waals surface area contributed by atoms with Gasteiger partial charge in [-0.05, 0) is 28.7 Å². The maximum absolute atomic E-state index is 11.1. The third kappa shape index (κ3) is 6.54. The summed E-state index contributed by atoms with van der Waals surface area (Å²) in [5, 5.41) is 16.3. The molecule has 8 heteroatoms. The minimum Gasteiger partial charge on any atom is -0.481 e. The summed E-state index contributed by atoms with van der Waals surface area (Å²) in [6, 6.07) is 19.9. The topological polar surface area (TPSA) is 122 Å². The summed E-state index contributed by atoms with van der Waals surface area (Å²) in [5.41, 5.74) is 11.2. The van der Waals surface area contributed by atoms with Gasteiger partial charge in [-0.1, -0.05) is 61.5 Å². The summed E-state index contributed by atoms with van der Waals surface area (Å²) in [6.45, 7) is 3.42. The Bertz CT molecular complexity index is 1290. The predicted octanol–water partition coefficient (Wildman–Crippen LogP) is 4.51. The van der Waals surface area contributed by atoms with Crippen molar-refractivity contribution >= 4 is 23.4 Å². The number of anilines is 1. The Kier molecular flexibility index (Phi) is 8.53. The van der Waals surface area contributed by atoms with Crippen molar-refractivity contribution in [3.8, 4) is 5.88 Å². The van der Waals surface area contributed by atoms with E-state index >= 15 is 0 Å². The lowest BCUT2D eigenvalue weighted by molar-refractivity contribution is -0.136. The highest BCUT2D eigenvalue weighted by Crippen LogP contribution is 2.33. The molecule has 0 fully saturated rings. The Morgan fingerprint density at radius 3 is 2.78 bits per heavy atom. The molecule has 0 saturated carbocycles. The van der Waals surface area contributed by atoms with Crippen LogP contribution in [0.4, 0.5) is 5.69 Å². The lowest BCUT2D eigenvalue weighted by Crippen LogP contribution is -2.43. The summed E-state index contributed by atoms with van der Waals surface area (Å²) < 4.78 is 6.39. The number of aromatic nitrogens is 1. The monoisotopic (exact) mass is 503 g/mol. The SMILES string of the molecule is CN=C/C(=C\N)c1cnc2c(c1)NC[C@@H]([C@H](NC[C@H](C)c1cccc(CC(=O)O)c1)c1ccccc1)O2.[HH].[HH].